The molecule has 0 atom stereocenters. The molecular formula is C24H33N3O4S. The Morgan fingerprint density at radius 2 is 1.84 bits per heavy atom. The molecule has 1 aromatic carbocycles. The summed E-state index contributed by atoms with van der Waals surface area (Å²) in [6.07, 6.45) is 4.35. The maximum absolute atomic E-state index is 12.0. The van der Waals surface area contributed by atoms with E-state index in [1.165, 1.54) is 24.7 Å². The summed E-state index contributed by atoms with van der Waals surface area (Å²) in [5.74, 6) is -0.443. The number of ether oxygens (including phenoxy) is 1. The van der Waals surface area contributed by atoms with Gasteiger partial charge in [-0.05, 0) is 46.2 Å². The summed E-state index contributed by atoms with van der Waals surface area (Å²) in [7, 11) is 0. The highest BCUT2D eigenvalue weighted by Gasteiger charge is 2.17. The van der Waals surface area contributed by atoms with Crippen LogP contribution in [0.5, 0.6) is 0 Å². The van der Waals surface area contributed by atoms with E-state index in [9.17, 15) is 14.4 Å². The van der Waals surface area contributed by atoms with Crippen LogP contribution in [0.25, 0.3) is 17.3 Å². The summed E-state index contributed by atoms with van der Waals surface area (Å²) in [5, 5.41) is 7.23. The van der Waals surface area contributed by atoms with E-state index in [0.29, 0.717) is 16.4 Å². The summed E-state index contributed by atoms with van der Waals surface area (Å²) in [6.45, 7) is 12.7. The number of nitrogens with zero attached hydrogens (tertiary/aromatic N) is 1. The molecule has 2 N–H and O–H groups in total. The lowest BCUT2D eigenvalue weighted by molar-refractivity contribution is -0.115. The van der Waals surface area contributed by atoms with Crippen molar-refractivity contribution in [2.24, 2.45) is 0 Å². The van der Waals surface area contributed by atoms with Crippen LogP contribution in [0.1, 0.15) is 70.8 Å². The number of hydrogen-bond acceptors (Lipinski definition) is 6. The summed E-state index contributed by atoms with van der Waals surface area (Å²) in [5.41, 5.74) is 2.26. The minimum absolute atomic E-state index is 0.0306. The molecular weight excluding hydrogens is 426 g/mol. The Morgan fingerprint density at radius 1 is 1.19 bits per heavy atom. The fourth-order valence-corrected chi connectivity index (χ4v) is 3.18. The predicted octanol–water partition coefficient (Wildman–Crippen LogP) is 5.93. The van der Waals surface area contributed by atoms with Crippen LogP contribution in [0.4, 0.5) is 9.93 Å². The van der Waals surface area contributed by atoms with E-state index in [4.69, 9.17) is 4.74 Å². The van der Waals surface area contributed by atoms with Gasteiger partial charge in [-0.2, -0.15) is 0 Å². The lowest BCUT2D eigenvalue weighted by Crippen LogP contribution is -2.37. The van der Waals surface area contributed by atoms with Crippen LogP contribution in [0.3, 0.4) is 0 Å². The van der Waals surface area contributed by atoms with Gasteiger partial charge in [-0.15, -0.1) is 11.3 Å². The number of nitrogens with one attached hydrogen (secondary N) is 2. The summed E-state index contributed by atoms with van der Waals surface area (Å²) in [6, 6.07) is 5.54. The zero-order chi connectivity index (χ0) is 24.3. The Morgan fingerprint density at radius 3 is 2.41 bits per heavy atom. The van der Waals surface area contributed by atoms with E-state index in [2.05, 4.69) is 29.5 Å². The van der Waals surface area contributed by atoms with Gasteiger partial charge in [-0.25, -0.2) is 9.78 Å². The molecule has 1 heterocycles. The van der Waals surface area contributed by atoms with Crippen molar-refractivity contribution < 1.29 is 19.1 Å². The van der Waals surface area contributed by atoms with Gasteiger partial charge in [0, 0.05) is 16.5 Å². The Kier molecular flexibility index (Phi) is 10.8. The number of Topliss-reactive ketones (excluding diaryl/α,β-unsaturated/α-hetero) is 1. The highest BCUT2D eigenvalue weighted by atomic mass is 32.1. The largest absolute Gasteiger partial charge is 0.444 e. The number of carbonyl (C=O) groups is 3. The number of anilines is 1. The van der Waals surface area contributed by atoms with E-state index in [0.717, 1.165) is 11.1 Å². The van der Waals surface area contributed by atoms with Gasteiger partial charge >= 0.3 is 6.09 Å². The number of carbonyl (C=O) groups excluding carboxylic acids is 3. The van der Waals surface area contributed by atoms with Crippen LogP contribution < -0.4 is 10.6 Å². The van der Waals surface area contributed by atoms with Gasteiger partial charge in [0.1, 0.15) is 12.1 Å². The highest BCUT2D eigenvalue weighted by Crippen LogP contribution is 2.27. The molecule has 0 aliphatic heterocycles. The van der Waals surface area contributed by atoms with Gasteiger partial charge in [0.25, 0.3) is 0 Å². The number of aromatic nitrogens is 1. The number of hydrogen-bond donors (Lipinski definition) is 2. The van der Waals surface area contributed by atoms with Gasteiger partial charge in [-0.1, -0.05) is 44.6 Å². The normalized spacial score (nSPS) is 10.8. The molecule has 0 saturated heterocycles. The Balaban J connectivity index is 0.00000161. The Labute approximate surface area is 194 Å². The molecule has 0 unspecified atom stereocenters. The molecule has 0 spiro atoms. The lowest BCUT2D eigenvalue weighted by Gasteiger charge is -2.19. The summed E-state index contributed by atoms with van der Waals surface area (Å²) < 4.78 is 5.08. The molecule has 7 nitrogen and oxygen atoms in total. The van der Waals surface area contributed by atoms with Gasteiger partial charge < -0.3 is 15.4 Å². The van der Waals surface area contributed by atoms with E-state index in [1.807, 2.05) is 31.2 Å². The number of benzene rings is 1. The Hall–Kier alpha value is -3.00. The quantitative estimate of drug-likeness (QED) is 0.522. The lowest BCUT2D eigenvalue weighted by atomic mass is 9.99. The minimum Gasteiger partial charge on any atom is -0.444 e. The van der Waals surface area contributed by atoms with Crippen molar-refractivity contribution in [3.05, 3.63) is 40.8 Å². The van der Waals surface area contributed by atoms with Crippen molar-refractivity contribution in [2.45, 2.75) is 60.5 Å². The maximum Gasteiger partial charge on any atom is 0.408 e. The van der Waals surface area contributed by atoms with E-state index in [1.54, 1.807) is 32.2 Å². The first-order chi connectivity index (χ1) is 15.0. The van der Waals surface area contributed by atoms with Crippen molar-refractivity contribution in [2.75, 3.05) is 11.9 Å². The maximum atomic E-state index is 12.0. The van der Waals surface area contributed by atoms with Crippen LogP contribution in [0.15, 0.2) is 29.7 Å². The molecule has 0 saturated carbocycles. The van der Waals surface area contributed by atoms with Crippen LogP contribution in [0, 0.1) is 0 Å². The van der Waals surface area contributed by atoms with Gasteiger partial charge in [0.05, 0.1) is 5.69 Å². The molecule has 0 radical (unpaired) electrons. The fourth-order valence-electron chi connectivity index (χ4n) is 2.44. The molecule has 0 aliphatic rings. The van der Waals surface area contributed by atoms with E-state index >= 15 is 0 Å². The zero-order valence-electron chi connectivity index (χ0n) is 19.9. The van der Waals surface area contributed by atoms with Crippen molar-refractivity contribution in [1.29, 1.82) is 0 Å². The predicted molar refractivity (Wildman–Crippen MR) is 131 cm³/mol. The molecule has 32 heavy (non-hydrogen) atoms. The third-order valence-corrected chi connectivity index (χ3v) is 4.38. The number of rotatable bonds is 6. The third-order valence-electron chi connectivity index (χ3n) is 3.62. The first-order valence-electron chi connectivity index (χ1n) is 10.5. The summed E-state index contributed by atoms with van der Waals surface area (Å²) in [4.78, 5) is 40.0. The standard InChI is InChI=1S/C21H25N3O4S.C3H8/c1-6-7-14-8-9-15(10-16(14)13(2)25)17-12-29-19(23-17)24-18(26)11-22-20(27)28-21(3,4)5;1-3-2/h6-10,12H,11H2,1-5H3,(H,22,27)(H,23,24,26);3H2,1-2H3/b7-6-;. The molecule has 8 heteroatoms. The number of alkyl carbamates (subject to hydrolysis) is 1. The van der Waals surface area contributed by atoms with Gasteiger partial charge in [0.2, 0.25) is 5.91 Å². The first kappa shape index (κ1) is 27.0. The number of allylic oxidation sites excluding steroid dienone is 1. The topological polar surface area (TPSA) is 97.4 Å². The molecule has 1 aromatic heterocycles. The molecule has 2 rings (SSSR count). The second-order valence-electron chi connectivity index (χ2n) is 8.01. The second kappa shape index (κ2) is 12.8. The SMILES string of the molecule is C/C=C\c1ccc(-c2csc(NC(=O)CNC(=O)OC(C)(C)C)n2)cc1C(C)=O.CCC. The van der Waals surface area contributed by atoms with Crippen LogP contribution in [-0.2, 0) is 9.53 Å². The monoisotopic (exact) mass is 459 g/mol. The molecule has 0 fully saturated rings. The van der Waals surface area contributed by atoms with Crippen LogP contribution in [-0.4, -0.2) is 34.9 Å². The molecule has 2 aromatic rings. The first-order valence-corrected chi connectivity index (χ1v) is 11.4. The van der Waals surface area contributed by atoms with Crippen molar-refractivity contribution >= 4 is 40.3 Å². The average Bonchev–Trinajstić information content (AvgIpc) is 3.14. The Bertz CT molecular complexity index is 958. The van der Waals surface area contributed by atoms with Crippen LogP contribution >= 0.6 is 11.3 Å². The van der Waals surface area contributed by atoms with E-state index < -0.39 is 17.6 Å². The molecule has 174 valence electrons. The van der Waals surface area contributed by atoms with E-state index in [-0.39, 0.29) is 12.3 Å². The minimum atomic E-state index is -0.662. The zero-order valence-corrected chi connectivity index (χ0v) is 20.7. The average molecular weight is 460 g/mol. The molecule has 0 aliphatic carbocycles. The second-order valence-corrected chi connectivity index (χ2v) is 8.86. The number of amides is 2. The fraction of sp³-hybridized carbons (Fsp3) is 0.417. The smallest absolute Gasteiger partial charge is 0.408 e. The van der Waals surface area contributed by atoms with Crippen molar-refractivity contribution in [1.82, 2.24) is 10.3 Å². The molecule has 0 bridgehead atoms. The van der Waals surface area contributed by atoms with Crippen molar-refractivity contribution in [3.8, 4) is 11.3 Å². The van der Waals surface area contributed by atoms with Gasteiger partial charge in [0.15, 0.2) is 10.9 Å². The number of ketones is 1. The third kappa shape index (κ3) is 9.43. The van der Waals surface area contributed by atoms with Crippen LogP contribution in [0.2, 0.25) is 0 Å². The van der Waals surface area contributed by atoms with Gasteiger partial charge in [-0.3, -0.25) is 9.59 Å². The molecule has 2 amide bonds. The number of thiazole rings is 1. The van der Waals surface area contributed by atoms with Crippen molar-refractivity contribution in [3.63, 3.8) is 0 Å². The summed E-state index contributed by atoms with van der Waals surface area (Å²) >= 11 is 1.26. The highest BCUT2D eigenvalue weighted by molar-refractivity contribution is 7.14.